The highest BCUT2D eigenvalue weighted by Gasteiger charge is 2.35. The van der Waals surface area contributed by atoms with E-state index in [-0.39, 0.29) is 24.2 Å². The van der Waals surface area contributed by atoms with Gasteiger partial charge in [-0.2, -0.15) is 0 Å². The van der Waals surface area contributed by atoms with Crippen LogP contribution in [0.25, 0.3) is 0 Å². The molecule has 1 atom stereocenters. The molecular weight excluding hydrogens is 304 g/mol. The molecule has 0 N–H and O–H groups in total. The maximum Gasteiger partial charge on any atom is 0.228 e. The summed E-state index contributed by atoms with van der Waals surface area (Å²) >= 11 is 0. The molecule has 1 aromatic heterocycles. The minimum Gasteiger partial charge on any atom is -0.464 e. The summed E-state index contributed by atoms with van der Waals surface area (Å²) < 4.78 is 5.52. The van der Waals surface area contributed by atoms with E-state index in [9.17, 15) is 9.59 Å². The Morgan fingerprint density at radius 2 is 2.00 bits per heavy atom. The summed E-state index contributed by atoms with van der Waals surface area (Å²) in [6, 6.07) is 13.6. The Hall–Kier alpha value is -2.56. The van der Waals surface area contributed by atoms with Crippen molar-refractivity contribution in [2.45, 2.75) is 26.4 Å². The van der Waals surface area contributed by atoms with Crippen LogP contribution in [-0.4, -0.2) is 35.2 Å². The summed E-state index contributed by atoms with van der Waals surface area (Å²) in [5, 5.41) is 0. The van der Waals surface area contributed by atoms with Crippen molar-refractivity contribution in [2.75, 3.05) is 13.6 Å². The Morgan fingerprint density at radius 1 is 1.25 bits per heavy atom. The lowest BCUT2D eigenvalue weighted by Crippen LogP contribution is -2.34. The second-order valence-electron chi connectivity index (χ2n) is 6.37. The van der Waals surface area contributed by atoms with Gasteiger partial charge in [0.05, 0.1) is 12.5 Å². The lowest BCUT2D eigenvalue weighted by atomic mass is 10.1. The summed E-state index contributed by atoms with van der Waals surface area (Å²) in [5.41, 5.74) is 1.08. The molecule has 2 heterocycles. The Labute approximate surface area is 141 Å². The van der Waals surface area contributed by atoms with Crippen molar-refractivity contribution in [1.82, 2.24) is 9.80 Å². The van der Waals surface area contributed by atoms with E-state index in [1.807, 2.05) is 49.4 Å². The molecule has 24 heavy (non-hydrogen) atoms. The Bertz CT molecular complexity index is 723. The number of nitrogens with zero attached hydrogens (tertiary/aromatic N) is 2. The minimum atomic E-state index is -0.276. The number of hydrogen-bond donors (Lipinski definition) is 0. The molecule has 5 heteroatoms. The van der Waals surface area contributed by atoms with E-state index in [1.165, 1.54) is 0 Å². The van der Waals surface area contributed by atoms with E-state index in [1.54, 1.807) is 16.8 Å². The molecule has 2 aromatic rings. The van der Waals surface area contributed by atoms with E-state index in [2.05, 4.69) is 0 Å². The van der Waals surface area contributed by atoms with Crippen LogP contribution in [0.5, 0.6) is 0 Å². The van der Waals surface area contributed by atoms with Crippen LogP contribution in [0.15, 0.2) is 46.9 Å². The molecule has 1 aromatic carbocycles. The Kier molecular flexibility index (Phi) is 4.69. The molecule has 126 valence electrons. The minimum absolute atomic E-state index is 0.00651. The summed E-state index contributed by atoms with van der Waals surface area (Å²) in [4.78, 5) is 28.2. The third-order valence-corrected chi connectivity index (χ3v) is 4.35. The highest BCUT2D eigenvalue weighted by Crippen LogP contribution is 2.22. The predicted octanol–water partition coefficient (Wildman–Crippen LogP) is 2.60. The van der Waals surface area contributed by atoms with E-state index in [0.717, 1.165) is 17.1 Å². The molecule has 0 radical (unpaired) electrons. The molecule has 0 unspecified atom stereocenters. The van der Waals surface area contributed by atoms with Crippen molar-refractivity contribution < 1.29 is 14.0 Å². The Morgan fingerprint density at radius 3 is 2.67 bits per heavy atom. The standard InChI is InChI=1S/C19H22N2O3/c1-14-8-9-17(24-14)13-20(2)19(23)16-10-18(22)21(12-16)11-15-6-4-3-5-7-15/h3-9,16H,10-13H2,1-2H3/t16-/m0/s1. The first-order chi connectivity index (χ1) is 11.5. The molecule has 0 aliphatic carbocycles. The lowest BCUT2D eigenvalue weighted by Gasteiger charge is -2.20. The van der Waals surface area contributed by atoms with Crippen LogP contribution >= 0.6 is 0 Å². The topological polar surface area (TPSA) is 53.8 Å². The number of furan rings is 1. The van der Waals surface area contributed by atoms with Gasteiger partial charge in [-0.1, -0.05) is 30.3 Å². The largest absolute Gasteiger partial charge is 0.464 e. The fourth-order valence-electron chi connectivity index (χ4n) is 3.09. The van der Waals surface area contributed by atoms with Crippen LogP contribution < -0.4 is 0 Å². The molecule has 2 amide bonds. The Balaban J connectivity index is 1.59. The van der Waals surface area contributed by atoms with Gasteiger partial charge in [0.15, 0.2) is 0 Å². The van der Waals surface area contributed by atoms with Crippen LogP contribution in [0, 0.1) is 12.8 Å². The number of hydrogen-bond acceptors (Lipinski definition) is 3. The molecule has 3 rings (SSSR count). The zero-order chi connectivity index (χ0) is 17.1. The van der Waals surface area contributed by atoms with Gasteiger partial charge in [-0.15, -0.1) is 0 Å². The number of rotatable bonds is 5. The second kappa shape index (κ2) is 6.91. The number of aryl methyl sites for hydroxylation is 1. The van der Waals surface area contributed by atoms with Crippen molar-refractivity contribution in [3.05, 3.63) is 59.5 Å². The van der Waals surface area contributed by atoms with Gasteiger partial charge in [-0.25, -0.2) is 0 Å². The third-order valence-electron chi connectivity index (χ3n) is 4.35. The number of amides is 2. The average molecular weight is 326 g/mol. The van der Waals surface area contributed by atoms with Gasteiger partial charge in [-0.05, 0) is 24.6 Å². The quantitative estimate of drug-likeness (QED) is 0.848. The van der Waals surface area contributed by atoms with E-state index >= 15 is 0 Å². The molecular formula is C19H22N2O3. The van der Waals surface area contributed by atoms with Crippen molar-refractivity contribution in [2.24, 2.45) is 5.92 Å². The van der Waals surface area contributed by atoms with Crippen LogP contribution in [0.1, 0.15) is 23.5 Å². The normalized spacial score (nSPS) is 17.3. The zero-order valence-electron chi connectivity index (χ0n) is 14.1. The number of carbonyl (C=O) groups is 2. The van der Waals surface area contributed by atoms with Crippen LogP contribution in [0.4, 0.5) is 0 Å². The molecule has 0 bridgehead atoms. The van der Waals surface area contributed by atoms with Gasteiger partial charge < -0.3 is 14.2 Å². The van der Waals surface area contributed by atoms with E-state index < -0.39 is 0 Å². The van der Waals surface area contributed by atoms with Crippen molar-refractivity contribution in [1.29, 1.82) is 0 Å². The maximum atomic E-state index is 12.6. The maximum absolute atomic E-state index is 12.6. The molecule has 5 nitrogen and oxygen atoms in total. The summed E-state index contributed by atoms with van der Waals surface area (Å²) in [5.74, 6) is 1.35. The first-order valence-electron chi connectivity index (χ1n) is 8.15. The van der Waals surface area contributed by atoms with Gasteiger partial charge in [0, 0.05) is 26.6 Å². The zero-order valence-corrected chi connectivity index (χ0v) is 14.1. The van der Waals surface area contributed by atoms with Crippen molar-refractivity contribution in [3.63, 3.8) is 0 Å². The first-order valence-corrected chi connectivity index (χ1v) is 8.15. The van der Waals surface area contributed by atoms with E-state index in [4.69, 9.17) is 4.42 Å². The van der Waals surface area contributed by atoms with Gasteiger partial charge in [-0.3, -0.25) is 9.59 Å². The first kappa shape index (κ1) is 16.3. The summed E-state index contributed by atoms with van der Waals surface area (Å²) in [7, 11) is 1.75. The monoisotopic (exact) mass is 326 g/mol. The SMILES string of the molecule is Cc1ccc(CN(C)C(=O)[C@H]2CC(=O)N(Cc3ccccc3)C2)o1. The van der Waals surface area contributed by atoms with Crippen molar-refractivity contribution >= 4 is 11.8 Å². The molecule has 1 aliphatic rings. The van der Waals surface area contributed by atoms with Crippen LogP contribution in [-0.2, 0) is 22.7 Å². The number of benzene rings is 1. The van der Waals surface area contributed by atoms with Gasteiger partial charge in [0.1, 0.15) is 11.5 Å². The smallest absolute Gasteiger partial charge is 0.228 e. The third kappa shape index (κ3) is 3.67. The average Bonchev–Trinajstić information content (AvgIpc) is 3.14. The second-order valence-corrected chi connectivity index (χ2v) is 6.37. The highest BCUT2D eigenvalue weighted by molar-refractivity contribution is 5.89. The lowest BCUT2D eigenvalue weighted by molar-refractivity contribution is -0.135. The number of carbonyl (C=O) groups excluding carboxylic acids is 2. The predicted molar refractivity (Wildman–Crippen MR) is 89.9 cm³/mol. The van der Waals surface area contributed by atoms with E-state index in [0.29, 0.717) is 19.6 Å². The number of likely N-dealkylation sites (tertiary alicyclic amines) is 1. The highest BCUT2D eigenvalue weighted by atomic mass is 16.3. The molecule has 1 aliphatic heterocycles. The molecule has 1 saturated heterocycles. The molecule has 0 saturated carbocycles. The summed E-state index contributed by atoms with van der Waals surface area (Å²) in [6.45, 7) is 3.34. The van der Waals surface area contributed by atoms with Crippen LogP contribution in [0.2, 0.25) is 0 Å². The van der Waals surface area contributed by atoms with Gasteiger partial charge in [0.25, 0.3) is 0 Å². The fraction of sp³-hybridized carbons (Fsp3) is 0.368. The molecule has 1 fully saturated rings. The molecule has 0 spiro atoms. The van der Waals surface area contributed by atoms with Crippen LogP contribution in [0.3, 0.4) is 0 Å². The van der Waals surface area contributed by atoms with Gasteiger partial charge >= 0.3 is 0 Å². The summed E-state index contributed by atoms with van der Waals surface area (Å²) in [6.07, 6.45) is 0.285. The van der Waals surface area contributed by atoms with Crippen molar-refractivity contribution in [3.8, 4) is 0 Å². The fourth-order valence-corrected chi connectivity index (χ4v) is 3.09. The van der Waals surface area contributed by atoms with Gasteiger partial charge in [0.2, 0.25) is 11.8 Å².